The number of benzene rings is 1. The minimum absolute atomic E-state index is 0.241. The van der Waals surface area contributed by atoms with Crippen molar-refractivity contribution < 1.29 is 14.2 Å². The lowest BCUT2D eigenvalue weighted by Gasteiger charge is -2.36. The highest BCUT2D eigenvalue weighted by Gasteiger charge is 2.26. The molecule has 2 aromatic rings. The van der Waals surface area contributed by atoms with Crippen LogP contribution in [-0.2, 0) is 4.74 Å². The molecule has 31 heavy (non-hydrogen) atoms. The van der Waals surface area contributed by atoms with E-state index < -0.39 is 0 Å². The molecule has 1 aromatic heterocycles. The van der Waals surface area contributed by atoms with Gasteiger partial charge >= 0.3 is 0 Å². The molecule has 1 aromatic carbocycles. The molecule has 3 heterocycles. The van der Waals surface area contributed by atoms with Crippen molar-refractivity contribution in [2.45, 2.75) is 32.4 Å². The van der Waals surface area contributed by atoms with E-state index in [0.717, 1.165) is 55.8 Å². The largest absolute Gasteiger partial charge is 0.490 e. The fourth-order valence-corrected chi connectivity index (χ4v) is 4.71. The molecule has 0 aliphatic carbocycles. The fraction of sp³-hybridized carbons (Fsp3) is 0.522. The average molecular weight is 445 g/mol. The second-order valence-corrected chi connectivity index (χ2v) is 8.74. The van der Waals surface area contributed by atoms with Crippen LogP contribution in [0.1, 0.15) is 31.2 Å². The zero-order valence-corrected chi connectivity index (χ0v) is 19.1. The van der Waals surface area contributed by atoms with Crippen LogP contribution in [0.15, 0.2) is 40.7 Å². The summed E-state index contributed by atoms with van der Waals surface area (Å²) in [5.74, 6) is 2.33. The molecular formula is C23H32N4O3S. The Bertz CT molecular complexity index is 859. The predicted molar refractivity (Wildman–Crippen MR) is 126 cm³/mol. The van der Waals surface area contributed by atoms with E-state index >= 15 is 0 Å². The van der Waals surface area contributed by atoms with Crippen molar-refractivity contribution >= 4 is 23.0 Å². The minimum Gasteiger partial charge on any atom is -0.490 e. The zero-order chi connectivity index (χ0) is 21.5. The highest BCUT2D eigenvalue weighted by atomic mass is 32.1. The number of morpholine rings is 1. The van der Waals surface area contributed by atoms with E-state index in [1.54, 1.807) is 11.3 Å². The maximum Gasteiger partial charge on any atom is 0.195 e. The van der Waals surface area contributed by atoms with Crippen LogP contribution < -0.4 is 20.1 Å². The summed E-state index contributed by atoms with van der Waals surface area (Å²) >= 11 is 1.79. The molecule has 2 atom stereocenters. The number of anilines is 1. The van der Waals surface area contributed by atoms with Crippen molar-refractivity contribution in [2.24, 2.45) is 4.99 Å². The third-order valence-electron chi connectivity index (χ3n) is 5.36. The van der Waals surface area contributed by atoms with E-state index in [0.29, 0.717) is 19.8 Å². The van der Waals surface area contributed by atoms with Gasteiger partial charge in [0.25, 0.3) is 0 Å². The SMILES string of the molecule is CCNC(=NCC(c1cccs1)N1CCOC(C)C1)Nc1ccc2c(c1)OCCCO2. The van der Waals surface area contributed by atoms with Crippen molar-refractivity contribution in [1.82, 2.24) is 10.2 Å². The molecule has 8 heteroatoms. The van der Waals surface area contributed by atoms with Crippen molar-refractivity contribution in [1.29, 1.82) is 0 Å². The van der Waals surface area contributed by atoms with Crippen molar-refractivity contribution in [3.63, 3.8) is 0 Å². The number of nitrogens with zero attached hydrogens (tertiary/aromatic N) is 2. The number of rotatable bonds is 6. The van der Waals surface area contributed by atoms with Gasteiger partial charge in [-0.05, 0) is 37.4 Å². The molecule has 0 spiro atoms. The standard InChI is InChI=1S/C23H32N4O3S/c1-3-24-23(26-18-7-8-20-21(14-18)30-11-5-10-29-20)25-15-19(22-6-4-13-31-22)27-9-12-28-17(2)16-27/h4,6-8,13-14,17,19H,3,5,9-12,15-16H2,1-2H3,(H2,24,25,26). The highest BCUT2D eigenvalue weighted by molar-refractivity contribution is 7.10. The molecule has 2 aliphatic heterocycles. The first-order valence-electron chi connectivity index (χ1n) is 11.1. The molecule has 2 unspecified atom stereocenters. The van der Waals surface area contributed by atoms with Gasteiger partial charge in [-0.1, -0.05) is 6.07 Å². The second-order valence-electron chi connectivity index (χ2n) is 7.76. The molecule has 168 valence electrons. The fourth-order valence-electron chi connectivity index (χ4n) is 3.86. The summed E-state index contributed by atoms with van der Waals surface area (Å²) in [6, 6.07) is 10.5. The summed E-state index contributed by atoms with van der Waals surface area (Å²) in [6.45, 7) is 9.64. The van der Waals surface area contributed by atoms with Crippen LogP contribution in [0, 0.1) is 0 Å². The van der Waals surface area contributed by atoms with Gasteiger partial charge in [-0.2, -0.15) is 0 Å². The molecule has 1 saturated heterocycles. The van der Waals surface area contributed by atoms with Crippen LogP contribution in [0.2, 0.25) is 0 Å². The first kappa shape index (κ1) is 21.9. The van der Waals surface area contributed by atoms with Gasteiger partial charge in [0.15, 0.2) is 17.5 Å². The lowest BCUT2D eigenvalue weighted by atomic mass is 10.1. The van der Waals surface area contributed by atoms with E-state index in [1.807, 2.05) is 18.2 Å². The average Bonchev–Trinajstić information content (AvgIpc) is 3.19. The van der Waals surface area contributed by atoms with E-state index in [-0.39, 0.29) is 12.1 Å². The summed E-state index contributed by atoms with van der Waals surface area (Å²) in [5.41, 5.74) is 0.927. The second kappa shape index (κ2) is 10.8. The Morgan fingerprint density at radius 1 is 1.23 bits per heavy atom. The highest BCUT2D eigenvalue weighted by Crippen LogP contribution is 2.32. The van der Waals surface area contributed by atoms with Crippen LogP contribution in [0.3, 0.4) is 0 Å². The number of hydrogen-bond acceptors (Lipinski definition) is 6. The predicted octanol–water partition coefficient (Wildman–Crippen LogP) is 3.75. The van der Waals surface area contributed by atoms with Crippen LogP contribution in [0.4, 0.5) is 5.69 Å². The van der Waals surface area contributed by atoms with Gasteiger partial charge in [-0.25, -0.2) is 0 Å². The first-order valence-corrected chi connectivity index (χ1v) is 11.9. The number of nitrogens with one attached hydrogen (secondary N) is 2. The maximum absolute atomic E-state index is 5.82. The summed E-state index contributed by atoms with van der Waals surface area (Å²) < 4.78 is 17.3. The molecule has 4 rings (SSSR count). The van der Waals surface area contributed by atoms with Crippen LogP contribution in [-0.4, -0.2) is 63.0 Å². The Labute approximate surface area is 188 Å². The van der Waals surface area contributed by atoms with E-state index in [4.69, 9.17) is 19.2 Å². The Hall–Kier alpha value is -2.29. The molecule has 0 saturated carbocycles. The molecule has 0 bridgehead atoms. The van der Waals surface area contributed by atoms with Gasteiger partial charge in [0, 0.05) is 42.7 Å². The molecule has 2 N–H and O–H groups in total. The molecule has 0 amide bonds. The van der Waals surface area contributed by atoms with Gasteiger partial charge in [0.1, 0.15) is 0 Å². The van der Waals surface area contributed by atoms with E-state index in [2.05, 4.69) is 46.9 Å². The van der Waals surface area contributed by atoms with Gasteiger partial charge < -0.3 is 24.8 Å². The third kappa shape index (κ3) is 5.90. The van der Waals surface area contributed by atoms with Crippen LogP contribution in [0.25, 0.3) is 0 Å². The number of fused-ring (bicyclic) bond motifs is 1. The number of guanidine groups is 1. The minimum atomic E-state index is 0.241. The van der Waals surface area contributed by atoms with E-state index in [1.165, 1.54) is 4.88 Å². The van der Waals surface area contributed by atoms with Crippen molar-refractivity contribution in [3.8, 4) is 11.5 Å². The number of hydrogen-bond donors (Lipinski definition) is 2. The van der Waals surface area contributed by atoms with Crippen LogP contribution in [0.5, 0.6) is 11.5 Å². The molecule has 2 aliphatic rings. The Morgan fingerprint density at radius 2 is 2.10 bits per heavy atom. The maximum atomic E-state index is 5.82. The molecule has 0 radical (unpaired) electrons. The van der Waals surface area contributed by atoms with Gasteiger partial charge in [0.2, 0.25) is 0 Å². The third-order valence-corrected chi connectivity index (χ3v) is 6.34. The van der Waals surface area contributed by atoms with Crippen molar-refractivity contribution in [3.05, 3.63) is 40.6 Å². The smallest absolute Gasteiger partial charge is 0.195 e. The van der Waals surface area contributed by atoms with Gasteiger partial charge in [-0.15, -0.1) is 11.3 Å². The Morgan fingerprint density at radius 3 is 2.87 bits per heavy atom. The lowest BCUT2D eigenvalue weighted by molar-refractivity contribution is -0.0327. The molecule has 1 fully saturated rings. The summed E-state index contributed by atoms with van der Waals surface area (Å²) in [7, 11) is 0. The summed E-state index contributed by atoms with van der Waals surface area (Å²) in [4.78, 5) is 8.77. The van der Waals surface area contributed by atoms with Crippen LogP contribution >= 0.6 is 11.3 Å². The lowest BCUT2D eigenvalue weighted by Crippen LogP contribution is -2.44. The Balaban J connectivity index is 1.50. The zero-order valence-electron chi connectivity index (χ0n) is 18.3. The van der Waals surface area contributed by atoms with Gasteiger partial charge in [0.05, 0.1) is 38.5 Å². The topological polar surface area (TPSA) is 67.4 Å². The Kier molecular flexibility index (Phi) is 7.66. The molecular weight excluding hydrogens is 412 g/mol. The monoisotopic (exact) mass is 444 g/mol. The number of ether oxygens (including phenoxy) is 3. The molecule has 7 nitrogen and oxygen atoms in total. The van der Waals surface area contributed by atoms with E-state index in [9.17, 15) is 0 Å². The first-order chi connectivity index (χ1) is 15.2. The quantitative estimate of drug-likeness (QED) is 0.523. The number of aliphatic imine (C=N–C) groups is 1. The van der Waals surface area contributed by atoms with Crippen molar-refractivity contribution in [2.75, 3.05) is 51.3 Å². The normalized spacial score (nSPS) is 20.7. The summed E-state index contributed by atoms with van der Waals surface area (Å²) in [5, 5.41) is 8.93. The number of thiophene rings is 1. The summed E-state index contributed by atoms with van der Waals surface area (Å²) in [6.07, 6.45) is 1.14. The van der Waals surface area contributed by atoms with Gasteiger partial charge in [-0.3, -0.25) is 9.89 Å².